The summed E-state index contributed by atoms with van der Waals surface area (Å²) in [5.41, 5.74) is 1.06. The normalized spacial score (nSPS) is 16.0. The minimum Gasteiger partial charge on any atom is -0.493 e. The molecule has 1 aliphatic heterocycles. The van der Waals surface area contributed by atoms with Crippen LogP contribution in [-0.2, 0) is 9.59 Å². The van der Waals surface area contributed by atoms with E-state index < -0.39 is 11.8 Å². The third-order valence-electron chi connectivity index (χ3n) is 3.69. The van der Waals surface area contributed by atoms with Gasteiger partial charge in [-0.05, 0) is 55.5 Å². The Hall–Kier alpha value is -2.70. The zero-order valence-electron chi connectivity index (χ0n) is 13.9. The largest absolute Gasteiger partial charge is 0.493 e. The Labute approximate surface area is 161 Å². The Morgan fingerprint density at radius 3 is 2.62 bits per heavy atom. The van der Waals surface area contributed by atoms with Crippen molar-refractivity contribution in [2.24, 2.45) is 0 Å². The van der Waals surface area contributed by atoms with Crippen LogP contribution in [0.1, 0.15) is 12.5 Å². The predicted octanol–water partition coefficient (Wildman–Crippen LogP) is 3.57. The van der Waals surface area contributed by atoms with Gasteiger partial charge in [-0.1, -0.05) is 29.8 Å². The molecule has 0 radical (unpaired) electrons. The van der Waals surface area contributed by atoms with Crippen LogP contribution in [0.5, 0.6) is 5.75 Å². The first-order valence-corrected chi connectivity index (χ1v) is 8.68. The lowest BCUT2D eigenvalue weighted by Crippen LogP contribution is -2.54. The van der Waals surface area contributed by atoms with Crippen molar-refractivity contribution >= 4 is 52.5 Å². The Balaban J connectivity index is 2.05. The molecule has 0 bridgehead atoms. The maximum Gasteiger partial charge on any atom is 0.270 e. The number of carbonyl (C=O) groups excluding carboxylic acids is 2. The fraction of sp³-hybridized carbons (Fsp3) is 0.105. The molecule has 1 fully saturated rings. The van der Waals surface area contributed by atoms with Crippen LogP contribution < -0.4 is 15.0 Å². The van der Waals surface area contributed by atoms with Crippen molar-refractivity contribution in [1.82, 2.24) is 5.32 Å². The Morgan fingerprint density at radius 1 is 1.19 bits per heavy atom. The molecule has 7 heteroatoms. The van der Waals surface area contributed by atoms with Crippen LogP contribution in [0.25, 0.3) is 6.08 Å². The van der Waals surface area contributed by atoms with Gasteiger partial charge in [0.2, 0.25) is 0 Å². The number of hydrogen-bond donors (Lipinski definition) is 1. The van der Waals surface area contributed by atoms with Gasteiger partial charge in [-0.15, -0.1) is 0 Å². The van der Waals surface area contributed by atoms with Gasteiger partial charge in [0.15, 0.2) is 5.11 Å². The number of halogens is 1. The molecule has 0 saturated carbocycles. The van der Waals surface area contributed by atoms with Crippen molar-refractivity contribution in [1.29, 1.82) is 0 Å². The maximum atomic E-state index is 12.9. The summed E-state index contributed by atoms with van der Waals surface area (Å²) in [5, 5.41) is 3.06. The molecule has 1 saturated heterocycles. The predicted molar refractivity (Wildman–Crippen MR) is 105 cm³/mol. The first-order chi connectivity index (χ1) is 12.5. The highest BCUT2D eigenvalue weighted by atomic mass is 35.5. The lowest BCUT2D eigenvalue weighted by molar-refractivity contribution is -0.122. The minimum atomic E-state index is -0.561. The van der Waals surface area contributed by atoms with Gasteiger partial charge in [0.05, 0.1) is 12.3 Å². The number of rotatable bonds is 4. The van der Waals surface area contributed by atoms with E-state index in [0.717, 1.165) is 0 Å². The zero-order chi connectivity index (χ0) is 18.7. The molecule has 0 aromatic heterocycles. The van der Waals surface area contributed by atoms with Gasteiger partial charge in [-0.2, -0.15) is 0 Å². The third kappa shape index (κ3) is 3.61. The number of nitrogens with zero attached hydrogens (tertiary/aromatic N) is 1. The van der Waals surface area contributed by atoms with Crippen molar-refractivity contribution in [3.8, 4) is 5.75 Å². The minimum absolute atomic E-state index is 0.0412. The molecule has 2 aromatic rings. The van der Waals surface area contributed by atoms with E-state index in [1.165, 1.54) is 11.0 Å². The fourth-order valence-corrected chi connectivity index (χ4v) is 3.01. The summed E-state index contributed by atoms with van der Waals surface area (Å²) >= 11 is 11.2. The van der Waals surface area contributed by atoms with E-state index in [4.69, 9.17) is 28.6 Å². The molecule has 0 spiro atoms. The van der Waals surface area contributed by atoms with Crippen LogP contribution in [0.3, 0.4) is 0 Å². The molecule has 0 atom stereocenters. The molecule has 0 unspecified atom stereocenters. The lowest BCUT2D eigenvalue weighted by atomic mass is 10.1. The maximum absolute atomic E-state index is 12.9. The summed E-state index contributed by atoms with van der Waals surface area (Å²) in [5.74, 6) is -0.536. The number of benzene rings is 2. The summed E-state index contributed by atoms with van der Waals surface area (Å²) in [4.78, 5) is 26.6. The molecule has 3 rings (SSSR count). The zero-order valence-corrected chi connectivity index (χ0v) is 15.4. The van der Waals surface area contributed by atoms with Gasteiger partial charge in [0.1, 0.15) is 11.3 Å². The lowest BCUT2D eigenvalue weighted by Gasteiger charge is -2.29. The van der Waals surface area contributed by atoms with E-state index in [1.807, 2.05) is 13.0 Å². The highest BCUT2D eigenvalue weighted by Crippen LogP contribution is 2.27. The number of carbonyl (C=O) groups is 2. The smallest absolute Gasteiger partial charge is 0.270 e. The summed E-state index contributed by atoms with van der Waals surface area (Å²) in [7, 11) is 0. The van der Waals surface area contributed by atoms with Crippen LogP contribution >= 0.6 is 23.8 Å². The molecule has 5 nitrogen and oxygen atoms in total. The second kappa shape index (κ2) is 7.68. The Kier molecular flexibility index (Phi) is 5.35. The van der Waals surface area contributed by atoms with Crippen molar-refractivity contribution in [2.45, 2.75) is 6.92 Å². The second-order valence-electron chi connectivity index (χ2n) is 5.41. The highest BCUT2D eigenvalue weighted by Gasteiger charge is 2.34. The summed E-state index contributed by atoms with van der Waals surface area (Å²) in [6.07, 6.45) is 1.46. The number of amides is 2. The molecular formula is C19H15ClN2O3S. The molecular weight excluding hydrogens is 372 g/mol. The summed E-state index contributed by atoms with van der Waals surface area (Å²) in [6.45, 7) is 2.29. The number of nitrogens with one attached hydrogen (secondary N) is 1. The quantitative estimate of drug-likeness (QED) is 0.496. The van der Waals surface area contributed by atoms with Crippen LogP contribution in [-0.4, -0.2) is 23.5 Å². The molecule has 0 aliphatic carbocycles. The molecule has 1 heterocycles. The number of para-hydroxylation sites is 1. The third-order valence-corrected chi connectivity index (χ3v) is 4.21. The standard InChI is InChI=1S/C19H15ClN2O3S/c1-2-25-16-9-8-13(20)10-12(16)11-15-17(23)21-19(26)22(18(15)24)14-6-4-3-5-7-14/h3-11H,2H2,1H3,(H,21,23,26)/b15-11+. The van der Waals surface area contributed by atoms with Gasteiger partial charge in [0.25, 0.3) is 11.8 Å². The van der Waals surface area contributed by atoms with Crippen molar-refractivity contribution < 1.29 is 14.3 Å². The van der Waals surface area contributed by atoms with Gasteiger partial charge < -0.3 is 4.74 Å². The number of hydrogen-bond acceptors (Lipinski definition) is 4. The first kappa shape index (κ1) is 18.1. The Morgan fingerprint density at radius 2 is 1.92 bits per heavy atom. The first-order valence-electron chi connectivity index (χ1n) is 7.90. The highest BCUT2D eigenvalue weighted by molar-refractivity contribution is 7.80. The van der Waals surface area contributed by atoms with Gasteiger partial charge >= 0.3 is 0 Å². The average Bonchev–Trinajstić information content (AvgIpc) is 2.61. The van der Waals surface area contributed by atoms with Crippen LogP contribution in [0.2, 0.25) is 5.02 Å². The molecule has 26 heavy (non-hydrogen) atoms. The van der Waals surface area contributed by atoms with Crippen molar-refractivity contribution in [2.75, 3.05) is 11.5 Å². The van der Waals surface area contributed by atoms with Gasteiger partial charge in [0, 0.05) is 10.6 Å². The monoisotopic (exact) mass is 386 g/mol. The molecule has 1 N–H and O–H groups in total. The molecule has 132 valence electrons. The van der Waals surface area contributed by atoms with E-state index in [0.29, 0.717) is 28.6 Å². The molecule has 1 aliphatic rings. The summed E-state index contributed by atoms with van der Waals surface area (Å²) in [6, 6.07) is 13.9. The molecule has 2 aromatic carbocycles. The Bertz CT molecular complexity index is 912. The SMILES string of the molecule is CCOc1ccc(Cl)cc1/C=C1\C(=O)NC(=S)N(c2ccccc2)C1=O. The van der Waals surface area contributed by atoms with E-state index in [-0.39, 0.29) is 10.7 Å². The van der Waals surface area contributed by atoms with E-state index in [1.54, 1.807) is 42.5 Å². The van der Waals surface area contributed by atoms with Gasteiger partial charge in [-0.25, -0.2) is 0 Å². The van der Waals surface area contributed by atoms with Gasteiger partial charge in [-0.3, -0.25) is 19.8 Å². The van der Waals surface area contributed by atoms with E-state index in [9.17, 15) is 9.59 Å². The van der Waals surface area contributed by atoms with E-state index >= 15 is 0 Å². The summed E-state index contributed by atoms with van der Waals surface area (Å²) < 4.78 is 5.55. The van der Waals surface area contributed by atoms with Crippen LogP contribution in [0, 0.1) is 0 Å². The number of ether oxygens (including phenoxy) is 1. The van der Waals surface area contributed by atoms with Crippen LogP contribution in [0.4, 0.5) is 5.69 Å². The fourth-order valence-electron chi connectivity index (χ4n) is 2.54. The van der Waals surface area contributed by atoms with Crippen LogP contribution in [0.15, 0.2) is 54.1 Å². The van der Waals surface area contributed by atoms with E-state index in [2.05, 4.69) is 5.32 Å². The number of anilines is 1. The number of thiocarbonyl (C=S) groups is 1. The topological polar surface area (TPSA) is 58.6 Å². The van der Waals surface area contributed by atoms with Crippen molar-refractivity contribution in [3.63, 3.8) is 0 Å². The van der Waals surface area contributed by atoms with Crippen molar-refractivity contribution in [3.05, 3.63) is 64.7 Å². The second-order valence-corrected chi connectivity index (χ2v) is 6.23. The average molecular weight is 387 g/mol. The molecule has 2 amide bonds.